The summed E-state index contributed by atoms with van der Waals surface area (Å²) >= 11 is 0. The second-order valence-electron chi connectivity index (χ2n) is 8.19. The van der Waals surface area contributed by atoms with Gasteiger partial charge in [-0.05, 0) is 24.3 Å². The molecule has 5 nitrogen and oxygen atoms in total. The molecule has 1 aliphatic heterocycles. The molecule has 166 valence electrons. The molecule has 0 spiro atoms. The number of methoxy groups -OCH3 is 2. The topological polar surface area (TPSA) is 43.2 Å². The number of hydrogen-bond donors (Lipinski definition) is 1. The van der Waals surface area contributed by atoms with Gasteiger partial charge in [0, 0.05) is 30.1 Å². The maximum absolute atomic E-state index is 13.9. The first kappa shape index (κ1) is 21.9. The Hall–Kier alpha value is -3.31. The lowest BCUT2D eigenvalue weighted by Crippen LogP contribution is -3.12. The largest absolute Gasteiger partial charge is 0.496 e. The first-order chi connectivity index (χ1) is 15.7. The fourth-order valence-corrected chi connectivity index (χ4v) is 4.60. The van der Waals surface area contributed by atoms with Crippen LogP contribution in [0.5, 0.6) is 11.5 Å². The van der Waals surface area contributed by atoms with Crippen LogP contribution in [0.2, 0.25) is 0 Å². The lowest BCUT2D eigenvalue weighted by molar-refractivity contribution is -0.918. The Balaban J connectivity index is 1.59. The third-order valence-corrected chi connectivity index (χ3v) is 6.22. The van der Waals surface area contributed by atoms with E-state index in [1.165, 1.54) is 5.56 Å². The Bertz CT molecular complexity index is 993. The van der Waals surface area contributed by atoms with Gasteiger partial charge in [0.05, 0.1) is 27.3 Å². The SMILES string of the molecule is COc1cccc(OC)c1C(=O)N(c1ccccc1)C1CC[NH+](Cc2ccccc2)CC1. The van der Waals surface area contributed by atoms with Crippen LogP contribution in [-0.2, 0) is 6.54 Å². The minimum absolute atomic E-state index is 0.0815. The first-order valence-electron chi connectivity index (χ1n) is 11.2. The Kier molecular flexibility index (Phi) is 7.07. The van der Waals surface area contributed by atoms with Gasteiger partial charge >= 0.3 is 0 Å². The van der Waals surface area contributed by atoms with Crippen molar-refractivity contribution in [2.75, 3.05) is 32.2 Å². The molecule has 0 bridgehead atoms. The van der Waals surface area contributed by atoms with Crippen LogP contribution in [0.4, 0.5) is 5.69 Å². The lowest BCUT2D eigenvalue weighted by atomic mass is 9.99. The molecule has 3 aromatic rings. The third kappa shape index (κ3) is 4.78. The number of carbonyl (C=O) groups is 1. The van der Waals surface area contributed by atoms with E-state index in [1.807, 2.05) is 53.4 Å². The molecule has 1 aliphatic rings. The Labute approximate surface area is 190 Å². The van der Waals surface area contributed by atoms with Gasteiger partial charge in [-0.15, -0.1) is 0 Å². The van der Waals surface area contributed by atoms with Crippen molar-refractivity contribution in [3.8, 4) is 11.5 Å². The highest BCUT2D eigenvalue weighted by Crippen LogP contribution is 2.33. The van der Waals surface area contributed by atoms with E-state index in [2.05, 4.69) is 30.3 Å². The number of nitrogens with one attached hydrogen (secondary N) is 1. The van der Waals surface area contributed by atoms with Crippen LogP contribution in [0.25, 0.3) is 0 Å². The Morgan fingerprint density at radius 3 is 1.97 bits per heavy atom. The van der Waals surface area contributed by atoms with Gasteiger partial charge in [0.1, 0.15) is 23.6 Å². The Morgan fingerprint density at radius 1 is 0.844 bits per heavy atom. The van der Waals surface area contributed by atoms with E-state index in [4.69, 9.17) is 9.47 Å². The molecule has 1 N–H and O–H groups in total. The van der Waals surface area contributed by atoms with Crippen molar-refractivity contribution in [2.24, 2.45) is 0 Å². The predicted octanol–water partition coefficient (Wildman–Crippen LogP) is 3.60. The molecule has 0 radical (unpaired) electrons. The molecule has 5 heteroatoms. The summed E-state index contributed by atoms with van der Waals surface area (Å²) in [5.74, 6) is 0.979. The first-order valence-corrected chi connectivity index (χ1v) is 11.2. The predicted molar refractivity (Wildman–Crippen MR) is 127 cm³/mol. The number of likely N-dealkylation sites (tertiary alicyclic amines) is 1. The number of carbonyl (C=O) groups excluding carboxylic acids is 1. The van der Waals surface area contributed by atoms with Crippen molar-refractivity contribution in [2.45, 2.75) is 25.4 Å². The number of piperidine rings is 1. The maximum atomic E-state index is 13.9. The van der Waals surface area contributed by atoms with Crippen molar-refractivity contribution in [3.63, 3.8) is 0 Å². The van der Waals surface area contributed by atoms with Gasteiger partial charge in [0.2, 0.25) is 0 Å². The molecule has 3 aromatic carbocycles. The second-order valence-corrected chi connectivity index (χ2v) is 8.19. The van der Waals surface area contributed by atoms with E-state index in [0.29, 0.717) is 17.1 Å². The molecule has 1 amide bonds. The monoisotopic (exact) mass is 431 g/mol. The highest BCUT2D eigenvalue weighted by molar-refractivity contribution is 6.10. The van der Waals surface area contributed by atoms with Crippen LogP contribution < -0.4 is 19.3 Å². The van der Waals surface area contributed by atoms with Crippen molar-refractivity contribution >= 4 is 11.6 Å². The summed E-state index contributed by atoms with van der Waals surface area (Å²) in [4.78, 5) is 17.4. The number of hydrogen-bond acceptors (Lipinski definition) is 3. The van der Waals surface area contributed by atoms with Crippen molar-refractivity contribution in [1.82, 2.24) is 0 Å². The summed E-state index contributed by atoms with van der Waals surface area (Å²) in [6.07, 6.45) is 1.89. The zero-order chi connectivity index (χ0) is 22.3. The second kappa shape index (κ2) is 10.3. The van der Waals surface area contributed by atoms with E-state index >= 15 is 0 Å². The van der Waals surface area contributed by atoms with Crippen molar-refractivity contribution in [1.29, 1.82) is 0 Å². The molecule has 0 aliphatic carbocycles. The van der Waals surface area contributed by atoms with Crippen LogP contribution >= 0.6 is 0 Å². The molecule has 0 atom stereocenters. The summed E-state index contributed by atoms with van der Waals surface area (Å²) in [5.41, 5.74) is 2.73. The zero-order valence-corrected chi connectivity index (χ0v) is 18.8. The van der Waals surface area contributed by atoms with E-state index in [9.17, 15) is 4.79 Å². The minimum atomic E-state index is -0.0815. The summed E-state index contributed by atoms with van der Waals surface area (Å²) < 4.78 is 11.1. The van der Waals surface area contributed by atoms with Gasteiger partial charge in [-0.2, -0.15) is 0 Å². The zero-order valence-electron chi connectivity index (χ0n) is 18.8. The van der Waals surface area contributed by atoms with Crippen LogP contribution in [0.15, 0.2) is 78.9 Å². The highest BCUT2D eigenvalue weighted by Gasteiger charge is 2.34. The van der Waals surface area contributed by atoms with Crippen LogP contribution in [-0.4, -0.2) is 39.3 Å². The average molecular weight is 432 g/mol. The van der Waals surface area contributed by atoms with E-state index in [-0.39, 0.29) is 11.9 Å². The lowest BCUT2D eigenvalue weighted by Gasteiger charge is -2.37. The average Bonchev–Trinajstić information content (AvgIpc) is 2.86. The number of amides is 1. The van der Waals surface area contributed by atoms with Crippen LogP contribution in [0.1, 0.15) is 28.8 Å². The number of ether oxygens (including phenoxy) is 2. The van der Waals surface area contributed by atoms with E-state index in [1.54, 1.807) is 19.1 Å². The van der Waals surface area contributed by atoms with Gasteiger partial charge in [-0.25, -0.2) is 0 Å². The van der Waals surface area contributed by atoms with Crippen LogP contribution in [0.3, 0.4) is 0 Å². The molecule has 1 fully saturated rings. The Morgan fingerprint density at radius 2 is 1.41 bits per heavy atom. The highest BCUT2D eigenvalue weighted by atomic mass is 16.5. The molecule has 1 heterocycles. The minimum Gasteiger partial charge on any atom is -0.496 e. The van der Waals surface area contributed by atoms with E-state index < -0.39 is 0 Å². The van der Waals surface area contributed by atoms with Crippen LogP contribution in [0, 0.1) is 0 Å². The van der Waals surface area contributed by atoms with Gasteiger partial charge in [-0.1, -0.05) is 54.6 Å². The summed E-state index contributed by atoms with van der Waals surface area (Å²) in [6.45, 7) is 3.08. The van der Waals surface area contributed by atoms with Crippen molar-refractivity contribution in [3.05, 3.63) is 90.0 Å². The molecule has 32 heavy (non-hydrogen) atoms. The molecular formula is C27H31N2O3+. The third-order valence-electron chi connectivity index (χ3n) is 6.22. The quantitative estimate of drug-likeness (QED) is 0.622. The number of para-hydroxylation sites is 1. The molecule has 0 saturated carbocycles. The summed E-state index contributed by atoms with van der Waals surface area (Å²) in [6, 6.07) is 26.1. The van der Waals surface area contributed by atoms with Crippen molar-refractivity contribution < 1.29 is 19.2 Å². The maximum Gasteiger partial charge on any atom is 0.266 e. The van der Waals surface area contributed by atoms with Gasteiger partial charge in [-0.3, -0.25) is 4.79 Å². The van der Waals surface area contributed by atoms with E-state index in [0.717, 1.165) is 38.2 Å². The molecule has 0 unspecified atom stereocenters. The standard InChI is InChI=1S/C27H30N2O3/c1-31-24-14-9-15-25(32-2)26(24)27(30)29(22-12-7-4-8-13-22)23-16-18-28(19-17-23)20-21-10-5-3-6-11-21/h3-15,23H,16-20H2,1-2H3/p+1. The molecular weight excluding hydrogens is 400 g/mol. The van der Waals surface area contributed by atoms with Gasteiger partial charge in [0.15, 0.2) is 0 Å². The normalized spacial score (nSPS) is 18.1. The van der Waals surface area contributed by atoms with Gasteiger partial charge in [0.25, 0.3) is 5.91 Å². The fourth-order valence-electron chi connectivity index (χ4n) is 4.60. The number of rotatable bonds is 7. The smallest absolute Gasteiger partial charge is 0.266 e. The summed E-state index contributed by atoms with van der Waals surface area (Å²) in [5, 5.41) is 0. The molecule has 1 saturated heterocycles. The molecule has 4 rings (SSSR count). The number of quaternary nitrogens is 1. The molecule has 0 aromatic heterocycles. The fraction of sp³-hybridized carbons (Fsp3) is 0.296. The number of anilines is 1. The number of nitrogens with zero attached hydrogens (tertiary/aromatic N) is 1. The number of benzene rings is 3. The van der Waals surface area contributed by atoms with Gasteiger partial charge < -0.3 is 19.3 Å². The summed E-state index contributed by atoms with van der Waals surface area (Å²) in [7, 11) is 3.17.